The second-order valence-corrected chi connectivity index (χ2v) is 22.1. The number of carboxylic acids is 3. The zero-order chi connectivity index (χ0) is 65.8. The van der Waals surface area contributed by atoms with E-state index >= 15 is 0 Å². The Labute approximate surface area is 526 Å². The van der Waals surface area contributed by atoms with Gasteiger partial charge < -0.3 is 73.8 Å². The highest BCUT2D eigenvalue weighted by Crippen LogP contribution is 2.25. The number of phenolic OH excluding ortho intramolecular Hbond substituents is 3. The number of aromatic hydroxyl groups is 3. The minimum atomic E-state index is -1.03. The highest BCUT2D eigenvalue weighted by Gasteiger charge is 2.22. The molecule has 3 atom stereocenters. The quantitative estimate of drug-likeness (QED) is 0.0158. The van der Waals surface area contributed by atoms with Crippen LogP contribution >= 0.6 is 0 Å². The molecule has 21 nitrogen and oxygen atoms in total. The Morgan fingerprint density at radius 1 is 0.333 bits per heavy atom. The number of carbonyl (C=O) groups excluding carboxylic acids is 3. The van der Waals surface area contributed by atoms with Gasteiger partial charge in [-0.2, -0.15) is 0 Å². The van der Waals surface area contributed by atoms with E-state index in [1.807, 2.05) is 166 Å². The third-order valence-electron chi connectivity index (χ3n) is 13.3. The van der Waals surface area contributed by atoms with Crippen molar-refractivity contribution in [1.29, 1.82) is 0 Å². The Bertz CT molecular complexity index is 2790. The summed E-state index contributed by atoms with van der Waals surface area (Å²) >= 11 is 0. The van der Waals surface area contributed by atoms with Crippen LogP contribution in [0.5, 0.6) is 34.5 Å². The van der Waals surface area contributed by atoms with E-state index < -0.39 is 54.1 Å². The number of aryl methyl sites for hydroxylation is 6. The number of benzene rings is 6. The minimum absolute atomic E-state index is 0.164. The average molecular weight is 1250 g/mol. The highest BCUT2D eigenvalue weighted by molar-refractivity contribution is 5.77. The Morgan fingerprint density at radius 3 is 0.789 bits per heavy atom. The van der Waals surface area contributed by atoms with Crippen molar-refractivity contribution < 1.29 is 87.8 Å². The van der Waals surface area contributed by atoms with E-state index in [2.05, 4.69) is 0 Å². The first-order valence-electron chi connectivity index (χ1n) is 29.6. The van der Waals surface area contributed by atoms with Gasteiger partial charge in [-0.15, -0.1) is 0 Å². The molecule has 0 aliphatic rings. The van der Waals surface area contributed by atoms with Crippen molar-refractivity contribution >= 4 is 35.8 Å². The van der Waals surface area contributed by atoms with Crippen LogP contribution in [0, 0.1) is 0 Å². The fourth-order valence-corrected chi connectivity index (χ4v) is 8.88. The van der Waals surface area contributed by atoms with Crippen molar-refractivity contribution in [2.45, 2.75) is 95.4 Å². The lowest BCUT2D eigenvalue weighted by Crippen LogP contribution is -2.35. The summed E-state index contributed by atoms with van der Waals surface area (Å²) in [6.45, 7) is 1.92. The van der Waals surface area contributed by atoms with E-state index in [0.717, 1.165) is 89.2 Å². The SMILES string of the molecule is CN(C)CC(COc1ccccc1CCc1ccc(O)cc1)OC(=O)CCC(=O)O.CN(C)CC(COc1ccccc1CCc1ccc(O)cc1)OC(=O)CCC(=O)O.CN(C)CC(COc1ccccc1CCc1ccc(O)cc1)OC(=O)CCC(=O)O. The van der Waals surface area contributed by atoms with Gasteiger partial charge in [0.2, 0.25) is 0 Å². The molecule has 0 aromatic heterocycles. The zero-order valence-electron chi connectivity index (χ0n) is 52.2. The molecule has 0 heterocycles. The lowest BCUT2D eigenvalue weighted by atomic mass is 10.0. The molecule has 6 N–H and O–H groups in total. The van der Waals surface area contributed by atoms with Gasteiger partial charge in [0.15, 0.2) is 0 Å². The van der Waals surface area contributed by atoms with E-state index in [1.165, 1.54) is 0 Å². The van der Waals surface area contributed by atoms with Crippen molar-refractivity contribution in [2.24, 2.45) is 0 Å². The maximum atomic E-state index is 11.9. The summed E-state index contributed by atoms with van der Waals surface area (Å²) in [7, 11) is 11.2. The molecule has 6 aromatic rings. The van der Waals surface area contributed by atoms with Gasteiger partial charge in [0.05, 0.1) is 38.5 Å². The smallest absolute Gasteiger partial charge is 0.306 e. The van der Waals surface area contributed by atoms with E-state index in [0.29, 0.717) is 19.6 Å². The molecule has 0 aliphatic carbocycles. The van der Waals surface area contributed by atoms with Gasteiger partial charge in [-0.25, -0.2) is 0 Å². The Hall–Kier alpha value is -9.18. The minimum Gasteiger partial charge on any atom is -0.508 e. The van der Waals surface area contributed by atoms with Gasteiger partial charge in [-0.05, 0) is 169 Å². The first kappa shape index (κ1) is 73.3. The third kappa shape index (κ3) is 31.6. The highest BCUT2D eigenvalue weighted by atomic mass is 16.6. The van der Waals surface area contributed by atoms with Crippen LogP contribution in [0.15, 0.2) is 146 Å². The number of carboxylic acid groups (broad SMARTS) is 3. The molecule has 0 radical (unpaired) electrons. The van der Waals surface area contributed by atoms with Crippen LogP contribution in [0.4, 0.5) is 0 Å². The molecule has 486 valence electrons. The molecular formula is C69H87N3O18. The van der Waals surface area contributed by atoms with Gasteiger partial charge >= 0.3 is 35.8 Å². The Morgan fingerprint density at radius 2 is 0.567 bits per heavy atom. The van der Waals surface area contributed by atoms with Crippen molar-refractivity contribution in [1.82, 2.24) is 14.7 Å². The molecule has 0 amide bonds. The van der Waals surface area contributed by atoms with Gasteiger partial charge in [0, 0.05) is 19.6 Å². The summed E-state index contributed by atoms with van der Waals surface area (Å²) in [6, 6.07) is 44.5. The summed E-state index contributed by atoms with van der Waals surface area (Å²) < 4.78 is 34.2. The summed E-state index contributed by atoms with van der Waals surface area (Å²) in [5.41, 5.74) is 6.44. The number of hydrogen-bond acceptors (Lipinski definition) is 18. The van der Waals surface area contributed by atoms with E-state index in [-0.39, 0.29) is 75.6 Å². The zero-order valence-corrected chi connectivity index (χ0v) is 52.2. The van der Waals surface area contributed by atoms with Gasteiger partial charge in [0.1, 0.15) is 72.6 Å². The van der Waals surface area contributed by atoms with E-state index in [4.69, 9.17) is 43.7 Å². The Balaban J connectivity index is 0.000000288. The molecule has 6 aromatic carbocycles. The number of phenols is 3. The summed E-state index contributed by atoms with van der Waals surface area (Å²) in [5, 5.41) is 54.4. The number of nitrogens with zero attached hydrogens (tertiary/aromatic N) is 3. The van der Waals surface area contributed by atoms with Crippen molar-refractivity contribution in [3.05, 3.63) is 179 Å². The molecular weight excluding hydrogens is 1160 g/mol. The molecule has 21 heteroatoms. The largest absolute Gasteiger partial charge is 0.508 e. The molecule has 0 spiro atoms. The monoisotopic (exact) mass is 1250 g/mol. The number of esters is 3. The number of aliphatic carboxylic acids is 3. The van der Waals surface area contributed by atoms with Gasteiger partial charge in [-0.1, -0.05) is 91.0 Å². The van der Waals surface area contributed by atoms with Crippen LogP contribution in [-0.2, 0) is 81.5 Å². The normalized spacial score (nSPS) is 11.8. The first-order chi connectivity index (χ1) is 43.0. The lowest BCUT2D eigenvalue weighted by molar-refractivity contribution is -0.154. The molecule has 0 aliphatic heterocycles. The molecule has 6 rings (SSSR count). The molecule has 0 saturated heterocycles. The van der Waals surface area contributed by atoms with Crippen LogP contribution in [0.3, 0.4) is 0 Å². The van der Waals surface area contributed by atoms with Crippen molar-refractivity contribution in [2.75, 3.05) is 81.7 Å². The topological polar surface area (TPSA) is 289 Å². The van der Waals surface area contributed by atoms with Crippen molar-refractivity contribution in [3.63, 3.8) is 0 Å². The fraction of sp³-hybridized carbons (Fsp3) is 0.391. The second-order valence-electron chi connectivity index (χ2n) is 22.1. The summed E-state index contributed by atoms with van der Waals surface area (Å²) in [5.74, 6) is -1.84. The first-order valence-corrected chi connectivity index (χ1v) is 29.6. The van der Waals surface area contributed by atoms with Crippen LogP contribution < -0.4 is 14.2 Å². The number of hydrogen-bond donors (Lipinski definition) is 6. The maximum absolute atomic E-state index is 11.9. The standard InChI is InChI=1S/3C23H29NO6/c3*1-24(2)15-20(30-23(28)14-13-22(26)27)16-29-21-6-4-3-5-18(21)10-7-17-8-11-19(25)12-9-17/h3*3-6,8-9,11-12,20,25H,7,10,13-16H2,1-2H3,(H,26,27). The van der Waals surface area contributed by atoms with Gasteiger partial charge in [-0.3, -0.25) is 28.8 Å². The van der Waals surface area contributed by atoms with Crippen LogP contribution in [-0.4, -0.2) is 181 Å². The second kappa shape index (κ2) is 40.4. The van der Waals surface area contributed by atoms with Crippen LogP contribution in [0.1, 0.15) is 71.9 Å². The van der Waals surface area contributed by atoms with Gasteiger partial charge in [0.25, 0.3) is 0 Å². The summed E-state index contributed by atoms with van der Waals surface area (Å²) in [6.07, 6.45) is 1.89. The molecule has 0 fully saturated rings. The molecule has 90 heavy (non-hydrogen) atoms. The van der Waals surface area contributed by atoms with Crippen molar-refractivity contribution in [3.8, 4) is 34.5 Å². The van der Waals surface area contributed by atoms with Crippen LogP contribution in [0.2, 0.25) is 0 Å². The number of rotatable bonds is 36. The number of likely N-dealkylation sites (N-methyl/N-ethyl adjacent to an activating group) is 3. The number of para-hydroxylation sites is 3. The number of carbonyl (C=O) groups is 6. The number of ether oxygens (including phenoxy) is 6. The van der Waals surface area contributed by atoms with E-state index in [9.17, 15) is 44.1 Å². The average Bonchev–Trinajstić information content (AvgIpc) is 3.68. The maximum Gasteiger partial charge on any atom is 0.306 e. The fourth-order valence-electron chi connectivity index (χ4n) is 8.88. The molecule has 3 unspecified atom stereocenters. The predicted octanol–water partition coefficient (Wildman–Crippen LogP) is 8.68. The lowest BCUT2D eigenvalue weighted by Gasteiger charge is -2.22. The molecule has 0 bridgehead atoms. The summed E-state index contributed by atoms with van der Waals surface area (Å²) in [4.78, 5) is 73.4. The van der Waals surface area contributed by atoms with Crippen LogP contribution in [0.25, 0.3) is 0 Å². The molecule has 0 saturated carbocycles. The third-order valence-corrected chi connectivity index (χ3v) is 13.3. The van der Waals surface area contributed by atoms with E-state index in [1.54, 1.807) is 36.4 Å². The Kier molecular flexibility index (Phi) is 32.9. The predicted molar refractivity (Wildman–Crippen MR) is 338 cm³/mol.